The lowest BCUT2D eigenvalue weighted by Gasteiger charge is -2.14. The van der Waals surface area contributed by atoms with Crippen molar-refractivity contribution in [3.63, 3.8) is 0 Å². The Bertz CT molecular complexity index is 1000. The minimum atomic E-state index is -0.881. The second-order valence-electron chi connectivity index (χ2n) is 6.09. The number of rotatable bonds is 3. The lowest BCUT2D eigenvalue weighted by Crippen LogP contribution is -2.33. The summed E-state index contributed by atoms with van der Waals surface area (Å²) in [5, 5.41) is 4.20. The highest BCUT2D eigenvalue weighted by Crippen LogP contribution is 2.41. The summed E-state index contributed by atoms with van der Waals surface area (Å²) < 4.78 is 5.68. The van der Waals surface area contributed by atoms with Crippen molar-refractivity contribution in [1.82, 2.24) is 4.98 Å². The molecule has 1 aromatic carbocycles. The fourth-order valence-corrected chi connectivity index (χ4v) is 3.93. The lowest BCUT2D eigenvalue weighted by atomic mass is 9.99. The number of likely N-dealkylation sites (N-methyl/N-ethyl adjacent to an activating group) is 1. The van der Waals surface area contributed by atoms with Crippen LogP contribution in [0.4, 0.5) is 10.8 Å². The van der Waals surface area contributed by atoms with Crippen molar-refractivity contribution < 1.29 is 14.0 Å². The van der Waals surface area contributed by atoms with Crippen LogP contribution in [0.15, 0.2) is 28.8 Å². The highest BCUT2D eigenvalue weighted by Gasteiger charge is 2.42. The molecule has 1 aliphatic rings. The molecule has 1 N–H and O–H groups in total. The van der Waals surface area contributed by atoms with E-state index >= 15 is 0 Å². The van der Waals surface area contributed by atoms with Crippen LogP contribution < -0.4 is 10.2 Å². The Morgan fingerprint density at radius 3 is 2.84 bits per heavy atom. The van der Waals surface area contributed by atoms with Gasteiger partial charge in [0.2, 0.25) is 11.8 Å². The number of hydrogen-bond acceptors (Lipinski definition) is 5. The van der Waals surface area contributed by atoms with E-state index in [1.54, 1.807) is 11.1 Å². The summed E-state index contributed by atoms with van der Waals surface area (Å²) in [6.07, 6.45) is 1.69. The molecule has 25 heavy (non-hydrogen) atoms. The average Bonchev–Trinajstić information content (AvgIpc) is 3.19. The van der Waals surface area contributed by atoms with Gasteiger partial charge < -0.3 is 14.6 Å². The van der Waals surface area contributed by atoms with Crippen LogP contribution in [0.3, 0.4) is 0 Å². The molecule has 7 heteroatoms. The van der Waals surface area contributed by atoms with E-state index in [0.29, 0.717) is 22.8 Å². The Balaban J connectivity index is 1.77. The molecule has 0 saturated heterocycles. The molecule has 1 unspecified atom stereocenters. The van der Waals surface area contributed by atoms with Crippen molar-refractivity contribution in [2.75, 3.05) is 16.8 Å². The number of carbonyl (C=O) groups excluding carboxylic acids is 2. The predicted octanol–water partition coefficient (Wildman–Crippen LogP) is 3.59. The first-order chi connectivity index (χ1) is 12.0. The Morgan fingerprint density at radius 1 is 1.36 bits per heavy atom. The van der Waals surface area contributed by atoms with E-state index in [-0.39, 0.29) is 11.8 Å². The number of aromatic nitrogens is 1. The van der Waals surface area contributed by atoms with Crippen molar-refractivity contribution >= 4 is 44.9 Å². The van der Waals surface area contributed by atoms with E-state index in [1.165, 1.54) is 11.3 Å². The van der Waals surface area contributed by atoms with Crippen LogP contribution in [0.2, 0.25) is 0 Å². The second kappa shape index (κ2) is 5.70. The minimum Gasteiger partial charge on any atom is -0.461 e. The van der Waals surface area contributed by atoms with Gasteiger partial charge in [-0.3, -0.25) is 9.59 Å². The van der Waals surface area contributed by atoms with Gasteiger partial charge in [-0.15, -0.1) is 11.3 Å². The smallest absolute Gasteiger partial charge is 0.244 e. The molecule has 0 bridgehead atoms. The van der Waals surface area contributed by atoms with Gasteiger partial charge in [0.15, 0.2) is 5.13 Å². The number of benzene rings is 1. The summed E-state index contributed by atoms with van der Waals surface area (Å²) in [6.45, 7) is 6.20. The van der Waals surface area contributed by atoms with E-state index < -0.39 is 5.92 Å². The zero-order chi connectivity index (χ0) is 17.7. The van der Waals surface area contributed by atoms with Crippen molar-refractivity contribution in [1.29, 1.82) is 0 Å². The van der Waals surface area contributed by atoms with Gasteiger partial charge in [0.1, 0.15) is 17.3 Å². The summed E-state index contributed by atoms with van der Waals surface area (Å²) in [5.74, 6) is -0.659. The largest absolute Gasteiger partial charge is 0.461 e. The fourth-order valence-electron chi connectivity index (χ4n) is 3.27. The quantitative estimate of drug-likeness (QED) is 0.729. The number of thiazole rings is 1. The molecule has 3 heterocycles. The number of fused-ring (bicyclic) bond motifs is 2. The van der Waals surface area contributed by atoms with Crippen LogP contribution in [-0.2, 0) is 9.59 Å². The summed E-state index contributed by atoms with van der Waals surface area (Å²) in [7, 11) is 0. The van der Waals surface area contributed by atoms with Crippen LogP contribution in [0, 0.1) is 13.8 Å². The molecule has 0 spiro atoms. The zero-order valence-electron chi connectivity index (χ0n) is 14.1. The van der Waals surface area contributed by atoms with Gasteiger partial charge in [-0.25, -0.2) is 4.98 Å². The summed E-state index contributed by atoms with van der Waals surface area (Å²) in [4.78, 5) is 32.4. The van der Waals surface area contributed by atoms with Crippen LogP contribution in [0.25, 0.3) is 11.0 Å². The normalized spacial score (nSPS) is 16.5. The van der Waals surface area contributed by atoms with Gasteiger partial charge in [0.05, 0.1) is 0 Å². The Hall–Kier alpha value is -2.67. The fraction of sp³-hybridized carbons (Fsp3) is 0.278. The molecule has 1 aliphatic heterocycles. The first-order valence-electron chi connectivity index (χ1n) is 8.06. The second-order valence-corrected chi connectivity index (χ2v) is 7.32. The molecule has 6 nitrogen and oxygen atoms in total. The standard InChI is InChI=1S/C18H17N3O3S/c1-4-21-13-6-11-5-9(2)24-14(11)7-12(13)15(17(21)23)16(22)20-18-19-8-10(3)25-18/h5-8,15H,4H2,1-3H3,(H,19,20,22). The molecule has 0 fully saturated rings. The first-order valence-corrected chi connectivity index (χ1v) is 8.88. The molecule has 4 rings (SSSR count). The first kappa shape index (κ1) is 15.8. The SMILES string of the molecule is CCN1C(=O)C(C(=O)Nc2ncc(C)s2)c2cc3oc(C)cc3cc21. The molecule has 128 valence electrons. The van der Waals surface area contributed by atoms with Gasteiger partial charge in [0, 0.05) is 34.3 Å². The Kier molecular flexibility index (Phi) is 3.61. The monoisotopic (exact) mass is 355 g/mol. The predicted molar refractivity (Wildman–Crippen MR) is 97.2 cm³/mol. The number of hydrogen-bond donors (Lipinski definition) is 1. The van der Waals surface area contributed by atoms with E-state index in [2.05, 4.69) is 10.3 Å². The molecule has 2 amide bonds. The molecule has 3 aromatic rings. The third-order valence-electron chi connectivity index (χ3n) is 4.33. The van der Waals surface area contributed by atoms with E-state index in [1.807, 2.05) is 39.0 Å². The van der Waals surface area contributed by atoms with Crippen LogP contribution in [0.5, 0.6) is 0 Å². The number of nitrogens with one attached hydrogen (secondary N) is 1. The topological polar surface area (TPSA) is 75.4 Å². The molecule has 0 aliphatic carbocycles. The van der Waals surface area contributed by atoms with E-state index in [0.717, 1.165) is 21.7 Å². The summed E-state index contributed by atoms with van der Waals surface area (Å²) in [6, 6.07) is 5.66. The highest BCUT2D eigenvalue weighted by molar-refractivity contribution is 7.15. The van der Waals surface area contributed by atoms with Gasteiger partial charge in [-0.05, 0) is 39.0 Å². The number of anilines is 2. The van der Waals surface area contributed by atoms with Gasteiger partial charge in [-0.1, -0.05) is 0 Å². The maximum atomic E-state index is 12.8. The number of aryl methyl sites for hydroxylation is 2. The van der Waals surface area contributed by atoms with Crippen molar-refractivity contribution in [2.24, 2.45) is 0 Å². The molecular formula is C18H17N3O3S. The summed E-state index contributed by atoms with van der Waals surface area (Å²) >= 11 is 1.38. The molecular weight excluding hydrogens is 338 g/mol. The number of amides is 2. The van der Waals surface area contributed by atoms with Crippen LogP contribution in [0.1, 0.15) is 29.0 Å². The molecule has 0 radical (unpaired) electrons. The van der Waals surface area contributed by atoms with Crippen molar-refractivity contribution in [2.45, 2.75) is 26.7 Å². The van der Waals surface area contributed by atoms with E-state index in [4.69, 9.17) is 4.42 Å². The van der Waals surface area contributed by atoms with E-state index in [9.17, 15) is 9.59 Å². The summed E-state index contributed by atoms with van der Waals surface area (Å²) in [5.41, 5.74) is 2.14. The van der Waals surface area contributed by atoms with Gasteiger partial charge in [-0.2, -0.15) is 0 Å². The number of furan rings is 1. The average molecular weight is 355 g/mol. The van der Waals surface area contributed by atoms with Crippen LogP contribution in [-0.4, -0.2) is 23.3 Å². The maximum Gasteiger partial charge on any atom is 0.244 e. The number of nitrogens with zero attached hydrogens (tertiary/aromatic N) is 2. The Labute approximate surface area is 148 Å². The van der Waals surface area contributed by atoms with Gasteiger partial charge >= 0.3 is 0 Å². The maximum absolute atomic E-state index is 12.8. The lowest BCUT2D eigenvalue weighted by molar-refractivity contribution is -0.126. The zero-order valence-corrected chi connectivity index (χ0v) is 14.9. The van der Waals surface area contributed by atoms with Crippen LogP contribution >= 0.6 is 11.3 Å². The molecule has 2 aromatic heterocycles. The minimum absolute atomic E-state index is 0.215. The number of carbonyl (C=O) groups is 2. The third kappa shape index (κ3) is 2.51. The molecule has 1 atom stereocenters. The molecule has 0 saturated carbocycles. The Morgan fingerprint density at radius 2 is 2.16 bits per heavy atom. The van der Waals surface area contributed by atoms with Gasteiger partial charge in [0.25, 0.3) is 0 Å². The van der Waals surface area contributed by atoms with Crippen molar-refractivity contribution in [3.05, 3.63) is 40.6 Å². The van der Waals surface area contributed by atoms with Crippen molar-refractivity contribution in [3.8, 4) is 0 Å². The highest BCUT2D eigenvalue weighted by atomic mass is 32.1. The third-order valence-corrected chi connectivity index (χ3v) is 5.16.